The molecule has 0 unspecified atom stereocenters. The lowest BCUT2D eigenvalue weighted by Crippen LogP contribution is -2.05. The maximum Gasteiger partial charge on any atom is 0.277 e. The average molecular weight is 271 g/mol. The van der Waals surface area contributed by atoms with Gasteiger partial charge in [-0.2, -0.15) is 0 Å². The van der Waals surface area contributed by atoms with Crippen LogP contribution >= 0.6 is 0 Å². The summed E-state index contributed by atoms with van der Waals surface area (Å²) in [5.41, 5.74) is 3.10. The van der Waals surface area contributed by atoms with Crippen LogP contribution in [0.15, 0.2) is 36.5 Å². The van der Waals surface area contributed by atoms with Crippen molar-refractivity contribution in [2.75, 3.05) is 5.32 Å². The van der Waals surface area contributed by atoms with Gasteiger partial charge in [0.15, 0.2) is 0 Å². The summed E-state index contributed by atoms with van der Waals surface area (Å²) in [7, 11) is 0. The number of pyridine rings is 1. The van der Waals surface area contributed by atoms with Crippen molar-refractivity contribution in [1.82, 2.24) is 4.98 Å². The molecule has 1 aromatic carbocycles. The molecule has 0 saturated carbocycles. The number of rotatable bonds is 5. The Kier molecular flexibility index (Phi) is 4.30. The first-order chi connectivity index (χ1) is 9.61. The fraction of sp³-hybridized carbons (Fsp3) is 0.267. The smallest absolute Gasteiger partial charge is 0.277 e. The molecule has 5 heteroatoms. The Labute approximate surface area is 117 Å². The quantitative estimate of drug-likeness (QED) is 0.667. The largest absolute Gasteiger partial charge is 0.366 e. The highest BCUT2D eigenvalue weighted by Gasteiger charge is 2.12. The second-order valence-electron chi connectivity index (χ2n) is 4.59. The fourth-order valence-electron chi connectivity index (χ4n) is 2.07. The van der Waals surface area contributed by atoms with Crippen molar-refractivity contribution in [2.24, 2.45) is 0 Å². The van der Waals surface area contributed by atoms with E-state index in [1.807, 2.05) is 12.1 Å². The van der Waals surface area contributed by atoms with E-state index in [0.29, 0.717) is 17.9 Å². The van der Waals surface area contributed by atoms with E-state index in [1.165, 1.54) is 23.4 Å². The molecule has 0 spiro atoms. The third-order valence-electron chi connectivity index (χ3n) is 3.23. The van der Waals surface area contributed by atoms with Crippen molar-refractivity contribution in [3.05, 3.63) is 63.3 Å². The molecule has 0 fully saturated rings. The maximum absolute atomic E-state index is 10.9. The van der Waals surface area contributed by atoms with Crippen LogP contribution in [0.1, 0.15) is 23.6 Å². The molecule has 0 radical (unpaired) electrons. The van der Waals surface area contributed by atoms with E-state index < -0.39 is 0 Å². The number of benzene rings is 1. The molecule has 0 aliphatic rings. The van der Waals surface area contributed by atoms with Gasteiger partial charge in [-0.05, 0) is 24.5 Å². The van der Waals surface area contributed by atoms with Gasteiger partial charge in [-0.15, -0.1) is 0 Å². The standard InChI is InChI=1S/C15H17N3O2/c1-3-12-6-4-5-7-13(12)10-17-15-8-14(18(19)20)11(2)9-16-15/h4-9H,3,10H2,1-2H3,(H,16,17). The topological polar surface area (TPSA) is 68.1 Å². The SMILES string of the molecule is CCc1ccccc1CNc1cc([N+](=O)[O-])c(C)cn1. The minimum Gasteiger partial charge on any atom is -0.366 e. The van der Waals surface area contributed by atoms with Crippen LogP contribution < -0.4 is 5.32 Å². The van der Waals surface area contributed by atoms with Gasteiger partial charge in [0.25, 0.3) is 5.69 Å². The van der Waals surface area contributed by atoms with E-state index >= 15 is 0 Å². The van der Waals surface area contributed by atoms with Gasteiger partial charge in [0.05, 0.1) is 11.0 Å². The third-order valence-corrected chi connectivity index (χ3v) is 3.23. The number of aryl methyl sites for hydroxylation is 2. The Balaban J connectivity index is 2.15. The fourth-order valence-corrected chi connectivity index (χ4v) is 2.07. The zero-order valence-corrected chi connectivity index (χ0v) is 11.6. The van der Waals surface area contributed by atoms with Crippen LogP contribution in [0, 0.1) is 17.0 Å². The minimum atomic E-state index is -0.387. The van der Waals surface area contributed by atoms with E-state index in [0.717, 1.165) is 6.42 Å². The van der Waals surface area contributed by atoms with Gasteiger partial charge in [-0.3, -0.25) is 10.1 Å². The molecule has 2 aromatic rings. The highest BCUT2D eigenvalue weighted by atomic mass is 16.6. The van der Waals surface area contributed by atoms with Crippen molar-refractivity contribution in [3.8, 4) is 0 Å². The summed E-state index contributed by atoms with van der Waals surface area (Å²) < 4.78 is 0. The number of nitro groups is 1. The van der Waals surface area contributed by atoms with E-state index in [4.69, 9.17) is 0 Å². The van der Waals surface area contributed by atoms with Crippen molar-refractivity contribution in [3.63, 3.8) is 0 Å². The lowest BCUT2D eigenvalue weighted by molar-refractivity contribution is -0.385. The van der Waals surface area contributed by atoms with Crippen LogP contribution in [0.5, 0.6) is 0 Å². The van der Waals surface area contributed by atoms with Gasteiger partial charge in [-0.1, -0.05) is 31.2 Å². The van der Waals surface area contributed by atoms with Crippen LogP contribution in [0.3, 0.4) is 0 Å². The van der Waals surface area contributed by atoms with Gasteiger partial charge in [-0.25, -0.2) is 4.98 Å². The zero-order valence-electron chi connectivity index (χ0n) is 11.6. The van der Waals surface area contributed by atoms with Crippen LogP contribution in [0.4, 0.5) is 11.5 Å². The van der Waals surface area contributed by atoms with Crippen molar-refractivity contribution in [2.45, 2.75) is 26.8 Å². The number of hydrogen-bond acceptors (Lipinski definition) is 4. The minimum absolute atomic E-state index is 0.0891. The first-order valence-electron chi connectivity index (χ1n) is 6.53. The molecule has 0 amide bonds. The van der Waals surface area contributed by atoms with Crippen LogP contribution in [0.2, 0.25) is 0 Å². The van der Waals surface area contributed by atoms with E-state index in [-0.39, 0.29) is 10.6 Å². The summed E-state index contributed by atoms with van der Waals surface area (Å²) in [6, 6.07) is 9.61. The predicted octanol–water partition coefficient (Wildman–Crippen LogP) is 3.47. The maximum atomic E-state index is 10.9. The van der Waals surface area contributed by atoms with Crippen molar-refractivity contribution < 1.29 is 4.92 Å². The second-order valence-corrected chi connectivity index (χ2v) is 4.59. The number of anilines is 1. The molecule has 0 saturated heterocycles. The van der Waals surface area contributed by atoms with Crippen LogP contribution in [0.25, 0.3) is 0 Å². The zero-order chi connectivity index (χ0) is 14.5. The summed E-state index contributed by atoms with van der Waals surface area (Å²) in [6.45, 7) is 4.40. The third kappa shape index (κ3) is 3.12. The van der Waals surface area contributed by atoms with E-state index in [2.05, 4.69) is 29.4 Å². The summed E-state index contributed by atoms with van der Waals surface area (Å²) >= 11 is 0. The Morgan fingerprint density at radius 1 is 1.30 bits per heavy atom. The summed E-state index contributed by atoms with van der Waals surface area (Å²) in [5.74, 6) is 0.521. The molecule has 2 rings (SSSR count). The van der Waals surface area contributed by atoms with Gasteiger partial charge >= 0.3 is 0 Å². The predicted molar refractivity (Wildman–Crippen MR) is 78.8 cm³/mol. The Morgan fingerprint density at radius 2 is 2.00 bits per heavy atom. The lowest BCUT2D eigenvalue weighted by atomic mass is 10.1. The molecule has 0 atom stereocenters. The molecule has 1 N–H and O–H groups in total. The molecule has 1 heterocycles. The molecule has 104 valence electrons. The van der Waals surface area contributed by atoms with Crippen molar-refractivity contribution >= 4 is 11.5 Å². The molecule has 20 heavy (non-hydrogen) atoms. The number of hydrogen-bond donors (Lipinski definition) is 1. The summed E-state index contributed by atoms with van der Waals surface area (Å²) in [5, 5.41) is 14.0. The van der Waals surface area contributed by atoms with Crippen LogP contribution in [-0.4, -0.2) is 9.91 Å². The van der Waals surface area contributed by atoms with Gasteiger partial charge < -0.3 is 5.32 Å². The molecular weight excluding hydrogens is 254 g/mol. The first kappa shape index (κ1) is 14.0. The molecule has 0 bridgehead atoms. The second kappa shape index (κ2) is 6.14. The Hall–Kier alpha value is -2.43. The van der Waals surface area contributed by atoms with Gasteiger partial charge in [0.2, 0.25) is 0 Å². The molecule has 0 aliphatic heterocycles. The molecule has 1 aromatic heterocycles. The molecular formula is C15H17N3O2. The van der Waals surface area contributed by atoms with E-state index in [1.54, 1.807) is 6.92 Å². The lowest BCUT2D eigenvalue weighted by Gasteiger charge is -2.10. The van der Waals surface area contributed by atoms with Gasteiger partial charge in [0.1, 0.15) is 5.82 Å². The normalized spacial score (nSPS) is 10.3. The highest BCUT2D eigenvalue weighted by Crippen LogP contribution is 2.20. The molecule has 5 nitrogen and oxygen atoms in total. The Bertz CT molecular complexity index is 626. The number of nitrogens with one attached hydrogen (secondary N) is 1. The highest BCUT2D eigenvalue weighted by molar-refractivity contribution is 5.49. The van der Waals surface area contributed by atoms with Crippen molar-refractivity contribution in [1.29, 1.82) is 0 Å². The van der Waals surface area contributed by atoms with E-state index in [9.17, 15) is 10.1 Å². The number of nitrogens with zero attached hydrogens (tertiary/aromatic N) is 2. The average Bonchev–Trinajstić information content (AvgIpc) is 2.46. The Morgan fingerprint density at radius 3 is 2.65 bits per heavy atom. The monoisotopic (exact) mass is 271 g/mol. The summed E-state index contributed by atoms with van der Waals surface area (Å²) in [6.07, 6.45) is 2.48. The van der Waals surface area contributed by atoms with Gasteiger partial charge in [0, 0.05) is 18.3 Å². The van der Waals surface area contributed by atoms with Crippen LogP contribution in [-0.2, 0) is 13.0 Å². The number of aromatic nitrogens is 1. The molecule has 0 aliphatic carbocycles. The first-order valence-corrected chi connectivity index (χ1v) is 6.53. The summed E-state index contributed by atoms with van der Waals surface area (Å²) in [4.78, 5) is 14.7.